The summed E-state index contributed by atoms with van der Waals surface area (Å²) in [5, 5.41) is 0. The van der Waals surface area contributed by atoms with Gasteiger partial charge >= 0.3 is 5.97 Å². The maximum atomic E-state index is 11.6. The Morgan fingerprint density at radius 3 is 2.18 bits per heavy atom. The van der Waals surface area contributed by atoms with Gasteiger partial charge < -0.3 is 9.47 Å². The van der Waals surface area contributed by atoms with Crippen LogP contribution in [0.1, 0.15) is 24.2 Å². The van der Waals surface area contributed by atoms with Crippen LogP contribution >= 0.6 is 0 Å². The van der Waals surface area contributed by atoms with Crippen LogP contribution in [-0.2, 0) is 9.53 Å². The molecule has 0 spiro atoms. The first kappa shape index (κ1) is 13.0. The highest BCUT2D eigenvalue weighted by atomic mass is 16.5. The predicted octanol–water partition coefficient (Wildman–Crippen LogP) is 2.34. The first-order chi connectivity index (χ1) is 8.02. The van der Waals surface area contributed by atoms with Crippen LogP contribution in [0.25, 0.3) is 0 Å². The van der Waals surface area contributed by atoms with Crippen LogP contribution in [0.5, 0.6) is 5.75 Å². The number of methoxy groups -OCH3 is 1. The van der Waals surface area contributed by atoms with Crippen molar-refractivity contribution in [2.24, 2.45) is 0 Å². The third-order valence-electron chi connectivity index (χ3n) is 1.99. The summed E-state index contributed by atoms with van der Waals surface area (Å²) in [7, 11) is 1.55. The summed E-state index contributed by atoms with van der Waals surface area (Å²) in [6.45, 7) is 2.95. The van der Waals surface area contributed by atoms with Crippen LogP contribution in [0.4, 0.5) is 0 Å². The van der Waals surface area contributed by atoms with Crippen molar-refractivity contribution in [3.05, 3.63) is 41.7 Å². The fraction of sp³-hybridized carbons (Fsp3) is 0.231. The van der Waals surface area contributed by atoms with Crippen LogP contribution < -0.4 is 4.74 Å². The van der Waals surface area contributed by atoms with Crippen molar-refractivity contribution in [2.75, 3.05) is 7.11 Å². The van der Waals surface area contributed by atoms with Gasteiger partial charge in [0.25, 0.3) is 0 Å². The van der Waals surface area contributed by atoms with E-state index in [0.717, 1.165) is 0 Å². The third kappa shape index (κ3) is 4.10. The minimum Gasteiger partial charge on any atom is -0.497 e. The second kappa shape index (κ2) is 5.84. The molecule has 0 amide bonds. The highest BCUT2D eigenvalue weighted by Crippen LogP contribution is 2.13. The van der Waals surface area contributed by atoms with Gasteiger partial charge in [-0.3, -0.25) is 4.79 Å². The van der Waals surface area contributed by atoms with Gasteiger partial charge in [-0.05, 0) is 38.1 Å². The molecule has 1 aromatic rings. The van der Waals surface area contributed by atoms with Crippen molar-refractivity contribution < 1.29 is 19.1 Å². The lowest BCUT2D eigenvalue weighted by Gasteiger charge is -2.04. The van der Waals surface area contributed by atoms with Crippen molar-refractivity contribution >= 4 is 11.8 Å². The average Bonchev–Trinajstić information content (AvgIpc) is 2.28. The van der Waals surface area contributed by atoms with Crippen LogP contribution in [-0.4, -0.2) is 18.9 Å². The van der Waals surface area contributed by atoms with Crippen molar-refractivity contribution in [1.82, 2.24) is 0 Å². The SMILES string of the molecule is COc1ccc(C(=O)O/C(C)=C/C(C)=O)cc1. The minimum absolute atomic E-state index is 0.162. The topological polar surface area (TPSA) is 52.6 Å². The quantitative estimate of drug-likeness (QED) is 0.456. The Hall–Kier alpha value is -2.10. The maximum Gasteiger partial charge on any atom is 0.343 e. The van der Waals surface area contributed by atoms with E-state index in [0.29, 0.717) is 11.3 Å². The average molecular weight is 234 g/mol. The van der Waals surface area contributed by atoms with Crippen LogP contribution in [0.2, 0.25) is 0 Å². The molecule has 0 aliphatic heterocycles. The number of ketones is 1. The molecule has 0 unspecified atom stereocenters. The summed E-state index contributed by atoms with van der Waals surface area (Å²) in [6, 6.07) is 6.53. The molecule has 0 heterocycles. The molecular formula is C13H14O4. The lowest BCUT2D eigenvalue weighted by atomic mass is 10.2. The molecular weight excluding hydrogens is 220 g/mol. The first-order valence-corrected chi connectivity index (χ1v) is 5.08. The third-order valence-corrected chi connectivity index (χ3v) is 1.99. The number of allylic oxidation sites excluding steroid dienone is 2. The summed E-state index contributed by atoms with van der Waals surface area (Å²) in [5.41, 5.74) is 0.405. The normalized spacial score (nSPS) is 10.9. The fourth-order valence-corrected chi connectivity index (χ4v) is 1.25. The number of hydrogen-bond donors (Lipinski definition) is 0. The van der Waals surface area contributed by atoms with Crippen LogP contribution in [0.3, 0.4) is 0 Å². The molecule has 0 N–H and O–H groups in total. The van der Waals surface area contributed by atoms with E-state index in [1.54, 1.807) is 38.3 Å². The van der Waals surface area contributed by atoms with Crippen molar-refractivity contribution in [2.45, 2.75) is 13.8 Å². The Bertz CT molecular complexity index is 443. The summed E-state index contributed by atoms with van der Waals surface area (Å²) < 4.78 is 9.96. The Morgan fingerprint density at radius 1 is 1.12 bits per heavy atom. The Labute approximate surface area is 99.8 Å². The number of hydrogen-bond acceptors (Lipinski definition) is 4. The largest absolute Gasteiger partial charge is 0.497 e. The summed E-state index contributed by atoms with van der Waals surface area (Å²) in [5.74, 6) is 0.281. The molecule has 0 saturated carbocycles. The predicted molar refractivity (Wildman–Crippen MR) is 62.8 cm³/mol. The number of carbonyl (C=O) groups excluding carboxylic acids is 2. The van der Waals surface area contributed by atoms with Crippen molar-refractivity contribution in [3.8, 4) is 5.75 Å². The molecule has 0 bridgehead atoms. The second-order valence-corrected chi connectivity index (χ2v) is 3.48. The van der Waals surface area contributed by atoms with Crippen LogP contribution in [0.15, 0.2) is 36.1 Å². The monoisotopic (exact) mass is 234 g/mol. The molecule has 1 aromatic carbocycles. The molecule has 0 aliphatic rings. The zero-order chi connectivity index (χ0) is 12.8. The van der Waals surface area contributed by atoms with Crippen LogP contribution in [0, 0.1) is 0 Å². The lowest BCUT2D eigenvalue weighted by molar-refractivity contribution is -0.112. The molecule has 90 valence electrons. The van der Waals surface area contributed by atoms with Gasteiger partial charge in [-0.15, -0.1) is 0 Å². The van der Waals surface area contributed by atoms with Gasteiger partial charge in [-0.1, -0.05) is 0 Å². The van der Waals surface area contributed by atoms with E-state index in [9.17, 15) is 9.59 Å². The summed E-state index contributed by atoms with van der Waals surface area (Å²) in [6.07, 6.45) is 1.27. The maximum absolute atomic E-state index is 11.6. The van der Waals surface area contributed by atoms with E-state index in [-0.39, 0.29) is 11.5 Å². The molecule has 0 atom stereocenters. The molecule has 0 radical (unpaired) electrons. The van der Waals surface area contributed by atoms with E-state index in [1.807, 2.05) is 0 Å². The number of rotatable bonds is 4. The van der Waals surface area contributed by atoms with Gasteiger partial charge in [0.2, 0.25) is 0 Å². The number of ether oxygens (including phenoxy) is 2. The number of benzene rings is 1. The van der Waals surface area contributed by atoms with Crippen molar-refractivity contribution in [3.63, 3.8) is 0 Å². The zero-order valence-electron chi connectivity index (χ0n) is 10.0. The fourth-order valence-electron chi connectivity index (χ4n) is 1.25. The standard InChI is InChI=1S/C13H14O4/c1-9(14)8-10(2)17-13(15)11-4-6-12(16-3)7-5-11/h4-8H,1-3H3/b10-8+. The summed E-state index contributed by atoms with van der Waals surface area (Å²) in [4.78, 5) is 22.4. The molecule has 0 aliphatic carbocycles. The molecule has 4 heteroatoms. The number of esters is 1. The van der Waals surface area contributed by atoms with Gasteiger partial charge in [0.15, 0.2) is 5.78 Å². The molecule has 0 fully saturated rings. The summed E-state index contributed by atoms with van der Waals surface area (Å²) >= 11 is 0. The molecule has 4 nitrogen and oxygen atoms in total. The molecule has 0 aromatic heterocycles. The smallest absolute Gasteiger partial charge is 0.343 e. The molecule has 0 saturated heterocycles. The van der Waals surface area contributed by atoms with E-state index in [1.165, 1.54) is 13.0 Å². The Kier molecular flexibility index (Phi) is 4.46. The second-order valence-electron chi connectivity index (χ2n) is 3.48. The van der Waals surface area contributed by atoms with E-state index in [2.05, 4.69) is 0 Å². The van der Waals surface area contributed by atoms with Gasteiger partial charge in [0, 0.05) is 6.08 Å². The van der Waals surface area contributed by atoms with Gasteiger partial charge in [0.1, 0.15) is 11.5 Å². The van der Waals surface area contributed by atoms with Gasteiger partial charge in [-0.25, -0.2) is 4.79 Å². The zero-order valence-corrected chi connectivity index (χ0v) is 10.0. The lowest BCUT2D eigenvalue weighted by Crippen LogP contribution is -2.04. The van der Waals surface area contributed by atoms with Gasteiger partial charge in [0.05, 0.1) is 12.7 Å². The van der Waals surface area contributed by atoms with Crippen molar-refractivity contribution in [1.29, 1.82) is 0 Å². The highest BCUT2D eigenvalue weighted by molar-refractivity contribution is 5.91. The van der Waals surface area contributed by atoms with E-state index < -0.39 is 5.97 Å². The van der Waals surface area contributed by atoms with Gasteiger partial charge in [-0.2, -0.15) is 0 Å². The molecule has 1 rings (SSSR count). The highest BCUT2D eigenvalue weighted by Gasteiger charge is 2.08. The number of carbonyl (C=O) groups is 2. The van der Waals surface area contributed by atoms with E-state index >= 15 is 0 Å². The minimum atomic E-state index is -0.498. The van der Waals surface area contributed by atoms with E-state index in [4.69, 9.17) is 9.47 Å². The Morgan fingerprint density at radius 2 is 1.71 bits per heavy atom. The molecule has 17 heavy (non-hydrogen) atoms. The first-order valence-electron chi connectivity index (χ1n) is 5.08. The Balaban J connectivity index is 2.73.